The Morgan fingerprint density at radius 1 is 1.32 bits per heavy atom. The Labute approximate surface area is 114 Å². The van der Waals surface area contributed by atoms with Crippen molar-refractivity contribution in [3.8, 4) is 0 Å². The van der Waals surface area contributed by atoms with E-state index in [4.69, 9.17) is 4.74 Å². The number of ether oxygens (including phenoxy) is 1. The van der Waals surface area contributed by atoms with Gasteiger partial charge in [-0.1, -0.05) is 0 Å². The molecule has 2 fully saturated rings. The lowest BCUT2D eigenvalue weighted by molar-refractivity contribution is -0.144. The smallest absolute Gasteiger partial charge is 0.251 e. The van der Waals surface area contributed by atoms with Crippen LogP contribution in [-0.4, -0.2) is 57.3 Å². The summed E-state index contributed by atoms with van der Waals surface area (Å²) in [5, 5.41) is 0. The van der Waals surface area contributed by atoms with Crippen LogP contribution in [0.25, 0.3) is 0 Å². The largest absolute Gasteiger partial charge is 0.368 e. The molecule has 2 unspecified atom stereocenters. The fraction of sp³-hybridized carbons (Fsp3) is 0.917. The monoisotopic (exact) mass is 290 g/mol. The second-order valence-corrected chi connectivity index (χ2v) is 7.14. The van der Waals surface area contributed by atoms with Gasteiger partial charge in [-0.05, 0) is 32.1 Å². The molecule has 6 nitrogen and oxygen atoms in total. The minimum atomic E-state index is -3.21. The number of hydrogen-bond donors (Lipinski definition) is 1. The maximum atomic E-state index is 12.4. The van der Waals surface area contributed by atoms with Gasteiger partial charge in [-0.25, -0.2) is 13.1 Å². The Kier molecular flexibility index (Phi) is 4.81. The van der Waals surface area contributed by atoms with Gasteiger partial charge in [-0.3, -0.25) is 4.79 Å². The second kappa shape index (κ2) is 6.19. The number of hydrogen-bond acceptors (Lipinski definition) is 4. The standard InChI is InChI=1S/C12H22N2O4S/c1-19(16,17)13-9-10-5-2-3-7-14(10)12(15)11-6-4-8-18-11/h10-11,13H,2-9H2,1H3. The third kappa shape index (κ3) is 4.15. The third-order valence-electron chi connectivity index (χ3n) is 3.70. The van der Waals surface area contributed by atoms with Gasteiger partial charge in [-0.15, -0.1) is 0 Å². The van der Waals surface area contributed by atoms with Crippen LogP contribution in [0.1, 0.15) is 32.1 Å². The number of sulfonamides is 1. The lowest BCUT2D eigenvalue weighted by atomic mass is 10.0. The van der Waals surface area contributed by atoms with Gasteiger partial charge >= 0.3 is 0 Å². The highest BCUT2D eigenvalue weighted by atomic mass is 32.2. The fourth-order valence-electron chi connectivity index (χ4n) is 2.71. The Balaban J connectivity index is 1.96. The molecule has 1 N–H and O–H groups in total. The molecule has 0 aromatic carbocycles. The SMILES string of the molecule is CS(=O)(=O)NCC1CCCCN1C(=O)C1CCCO1. The van der Waals surface area contributed by atoms with Crippen LogP contribution >= 0.6 is 0 Å². The summed E-state index contributed by atoms with van der Waals surface area (Å²) in [7, 11) is -3.21. The van der Waals surface area contributed by atoms with Crippen molar-refractivity contribution in [1.82, 2.24) is 9.62 Å². The highest BCUT2D eigenvalue weighted by molar-refractivity contribution is 7.88. The van der Waals surface area contributed by atoms with E-state index in [1.165, 1.54) is 0 Å². The van der Waals surface area contributed by atoms with Crippen LogP contribution < -0.4 is 4.72 Å². The quantitative estimate of drug-likeness (QED) is 0.796. The summed E-state index contributed by atoms with van der Waals surface area (Å²) >= 11 is 0. The molecule has 0 aromatic rings. The lowest BCUT2D eigenvalue weighted by Crippen LogP contribution is -2.52. The molecule has 2 heterocycles. The number of piperidine rings is 1. The maximum absolute atomic E-state index is 12.4. The molecule has 19 heavy (non-hydrogen) atoms. The first-order valence-electron chi connectivity index (χ1n) is 6.84. The van der Waals surface area contributed by atoms with Crippen molar-refractivity contribution in [3.05, 3.63) is 0 Å². The van der Waals surface area contributed by atoms with Crippen molar-refractivity contribution in [2.45, 2.75) is 44.2 Å². The molecule has 0 radical (unpaired) electrons. The van der Waals surface area contributed by atoms with Crippen LogP contribution in [0.4, 0.5) is 0 Å². The van der Waals surface area contributed by atoms with Crippen LogP contribution in [0.3, 0.4) is 0 Å². The maximum Gasteiger partial charge on any atom is 0.251 e. The first kappa shape index (κ1) is 14.7. The molecule has 1 amide bonds. The molecule has 2 aliphatic heterocycles. The molecule has 2 atom stereocenters. The predicted octanol–water partition coefficient (Wildman–Crippen LogP) is 0.0957. The zero-order chi connectivity index (χ0) is 13.9. The molecule has 0 bridgehead atoms. The van der Waals surface area contributed by atoms with Crippen LogP contribution in [-0.2, 0) is 19.6 Å². The average molecular weight is 290 g/mol. The molecule has 0 aromatic heterocycles. The summed E-state index contributed by atoms with van der Waals surface area (Å²) in [6.07, 6.45) is 5.39. The fourth-order valence-corrected chi connectivity index (χ4v) is 3.20. The molecule has 0 saturated carbocycles. The van der Waals surface area contributed by atoms with Gasteiger partial charge in [0.05, 0.1) is 6.26 Å². The Morgan fingerprint density at radius 3 is 2.74 bits per heavy atom. The number of likely N-dealkylation sites (tertiary alicyclic amines) is 1. The molecule has 7 heteroatoms. The van der Waals surface area contributed by atoms with Gasteiger partial charge in [0.25, 0.3) is 5.91 Å². The lowest BCUT2D eigenvalue weighted by Gasteiger charge is -2.37. The predicted molar refractivity (Wildman–Crippen MR) is 71.2 cm³/mol. The van der Waals surface area contributed by atoms with E-state index in [0.29, 0.717) is 19.7 Å². The van der Waals surface area contributed by atoms with Crippen molar-refractivity contribution < 1.29 is 17.9 Å². The van der Waals surface area contributed by atoms with Crippen molar-refractivity contribution >= 4 is 15.9 Å². The summed E-state index contributed by atoms with van der Waals surface area (Å²) < 4.78 is 30.3. The first-order chi connectivity index (χ1) is 8.97. The summed E-state index contributed by atoms with van der Waals surface area (Å²) in [6, 6.07) is -0.0415. The summed E-state index contributed by atoms with van der Waals surface area (Å²) in [5.41, 5.74) is 0. The van der Waals surface area contributed by atoms with Crippen LogP contribution in [0.5, 0.6) is 0 Å². The van der Waals surface area contributed by atoms with Crippen molar-refractivity contribution in [2.24, 2.45) is 0 Å². The number of nitrogens with one attached hydrogen (secondary N) is 1. The highest BCUT2D eigenvalue weighted by Crippen LogP contribution is 2.22. The van der Waals surface area contributed by atoms with Crippen LogP contribution in [0.2, 0.25) is 0 Å². The molecule has 2 rings (SSSR count). The molecule has 2 aliphatic rings. The number of rotatable bonds is 4. The Morgan fingerprint density at radius 2 is 2.11 bits per heavy atom. The normalized spacial score (nSPS) is 28.6. The highest BCUT2D eigenvalue weighted by Gasteiger charge is 2.33. The minimum absolute atomic E-state index is 0.0255. The first-order valence-corrected chi connectivity index (χ1v) is 8.73. The van der Waals surface area contributed by atoms with E-state index in [1.807, 2.05) is 0 Å². The minimum Gasteiger partial charge on any atom is -0.368 e. The van der Waals surface area contributed by atoms with Gasteiger partial charge in [0, 0.05) is 25.7 Å². The van der Waals surface area contributed by atoms with Crippen LogP contribution in [0, 0.1) is 0 Å². The average Bonchev–Trinajstić information content (AvgIpc) is 2.89. The van der Waals surface area contributed by atoms with E-state index >= 15 is 0 Å². The summed E-state index contributed by atoms with van der Waals surface area (Å²) in [5.74, 6) is 0.0255. The number of carbonyl (C=O) groups is 1. The zero-order valence-electron chi connectivity index (χ0n) is 11.3. The van der Waals surface area contributed by atoms with Crippen molar-refractivity contribution in [1.29, 1.82) is 0 Å². The van der Waals surface area contributed by atoms with Gasteiger partial charge in [0.15, 0.2) is 0 Å². The Bertz CT molecular complexity index is 417. The summed E-state index contributed by atoms with van der Waals surface area (Å²) in [6.45, 7) is 1.66. The topological polar surface area (TPSA) is 75.7 Å². The molecular formula is C12H22N2O4S. The van der Waals surface area contributed by atoms with Crippen molar-refractivity contribution in [3.63, 3.8) is 0 Å². The van der Waals surface area contributed by atoms with Gasteiger partial charge < -0.3 is 9.64 Å². The van der Waals surface area contributed by atoms with Gasteiger partial charge in [0.1, 0.15) is 6.10 Å². The number of nitrogens with zero attached hydrogens (tertiary/aromatic N) is 1. The molecular weight excluding hydrogens is 268 g/mol. The van der Waals surface area contributed by atoms with E-state index in [-0.39, 0.29) is 18.1 Å². The molecule has 2 saturated heterocycles. The van der Waals surface area contributed by atoms with E-state index in [9.17, 15) is 13.2 Å². The van der Waals surface area contributed by atoms with Gasteiger partial charge in [-0.2, -0.15) is 0 Å². The van der Waals surface area contributed by atoms with Gasteiger partial charge in [0.2, 0.25) is 10.0 Å². The second-order valence-electron chi connectivity index (χ2n) is 5.30. The van der Waals surface area contributed by atoms with Crippen molar-refractivity contribution in [2.75, 3.05) is 26.0 Å². The number of carbonyl (C=O) groups excluding carboxylic acids is 1. The van der Waals surface area contributed by atoms with E-state index in [2.05, 4.69) is 4.72 Å². The van der Waals surface area contributed by atoms with Crippen LogP contribution in [0.15, 0.2) is 0 Å². The molecule has 0 spiro atoms. The number of amides is 1. The van der Waals surface area contributed by atoms with E-state index in [0.717, 1.165) is 38.4 Å². The molecule has 0 aliphatic carbocycles. The Hall–Kier alpha value is -0.660. The zero-order valence-corrected chi connectivity index (χ0v) is 12.1. The molecule has 110 valence electrons. The summed E-state index contributed by atoms with van der Waals surface area (Å²) in [4.78, 5) is 14.2. The van der Waals surface area contributed by atoms with E-state index < -0.39 is 10.0 Å². The van der Waals surface area contributed by atoms with E-state index in [1.54, 1.807) is 4.90 Å². The third-order valence-corrected chi connectivity index (χ3v) is 4.39.